The molecule has 4 aromatic rings. The summed E-state index contributed by atoms with van der Waals surface area (Å²) in [6.45, 7) is 2.00. The summed E-state index contributed by atoms with van der Waals surface area (Å²) in [6, 6.07) is 19.8. The van der Waals surface area contributed by atoms with Gasteiger partial charge >= 0.3 is 0 Å². The predicted octanol–water partition coefficient (Wildman–Crippen LogP) is 3.66. The quantitative estimate of drug-likeness (QED) is 0.605. The number of para-hydroxylation sites is 2. The van der Waals surface area contributed by atoms with Crippen LogP contribution in [0, 0.1) is 11.3 Å². The number of hydrogen-bond acceptors (Lipinski definition) is 4. The van der Waals surface area contributed by atoms with E-state index in [4.69, 9.17) is 4.98 Å². The Morgan fingerprint density at radius 1 is 1.07 bits per heavy atom. The molecule has 0 saturated heterocycles. The van der Waals surface area contributed by atoms with Crippen molar-refractivity contribution in [3.8, 4) is 6.07 Å². The number of nitrogens with one attached hydrogen (secondary N) is 1. The van der Waals surface area contributed by atoms with E-state index < -0.39 is 0 Å². The van der Waals surface area contributed by atoms with Gasteiger partial charge in [-0.15, -0.1) is 0 Å². The second kappa shape index (κ2) is 6.89. The number of carbonyl (C=O) groups is 1. The number of carbonyl (C=O) groups excluding carboxylic acids is 1. The number of aryl methyl sites for hydroxylation is 2. The van der Waals surface area contributed by atoms with Gasteiger partial charge in [0.05, 0.1) is 11.0 Å². The fourth-order valence-electron chi connectivity index (χ4n) is 3.21. The van der Waals surface area contributed by atoms with Gasteiger partial charge in [-0.1, -0.05) is 42.5 Å². The van der Waals surface area contributed by atoms with Crippen LogP contribution in [0.4, 0.5) is 5.82 Å². The summed E-state index contributed by atoms with van der Waals surface area (Å²) in [5, 5.41) is 12.5. The summed E-state index contributed by atoms with van der Waals surface area (Å²) in [7, 11) is 0. The maximum Gasteiger partial charge on any atom is 0.222 e. The average Bonchev–Trinajstić information content (AvgIpc) is 2.96. The molecule has 132 valence electrons. The zero-order valence-electron chi connectivity index (χ0n) is 14.8. The topological polar surface area (TPSA) is 83.6 Å². The highest BCUT2D eigenvalue weighted by Crippen LogP contribution is 2.29. The lowest BCUT2D eigenvalue weighted by Crippen LogP contribution is -2.13. The van der Waals surface area contributed by atoms with Gasteiger partial charge in [0.15, 0.2) is 5.65 Å². The zero-order valence-corrected chi connectivity index (χ0v) is 14.8. The number of fused-ring (bicyclic) bond motifs is 2. The number of aromatic nitrogens is 3. The van der Waals surface area contributed by atoms with E-state index in [2.05, 4.69) is 28.5 Å². The van der Waals surface area contributed by atoms with Gasteiger partial charge in [-0.3, -0.25) is 4.79 Å². The van der Waals surface area contributed by atoms with Gasteiger partial charge in [0.1, 0.15) is 23.0 Å². The van der Waals surface area contributed by atoms with Crippen molar-refractivity contribution < 1.29 is 4.79 Å². The molecular weight excluding hydrogens is 338 g/mol. The molecule has 0 unspecified atom stereocenters. The minimum absolute atomic E-state index is 0.236. The van der Waals surface area contributed by atoms with Crippen LogP contribution in [-0.2, 0) is 17.8 Å². The molecule has 2 aromatic carbocycles. The number of nitrogens with zero attached hydrogens (tertiary/aromatic N) is 4. The van der Waals surface area contributed by atoms with Crippen LogP contribution in [0.25, 0.3) is 22.2 Å². The highest BCUT2D eigenvalue weighted by molar-refractivity contribution is 5.98. The maximum absolute atomic E-state index is 11.7. The lowest BCUT2D eigenvalue weighted by Gasteiger charge is -2.10. The van der Waals surface area contributed by atoms with Gasteiger partial charge in [0, 0.05) is 13.5 Å². The monoisotopic (exact) mass is 355 g/mol. The standard InChI is InChI=1S/C21H17N5O/c1-14(27)23-20-16(13-22)19-21(25-18-10-6-5-9-17(18)24-19)26(20)12-11-15-7-3-2-4-8-15/h2-10H,11-12H2,1H3,(H,23,27). The van der Waals surface area contributed by atoms with Crippen LogP contribution in [0.15, 0.2) is 54.6 Å². The Labute approximate surface area is 156 Å². The molecule has 27 heavy (non-hydrogen) atoms. The van der Waals surface area contributed by atoms with E-state index in [-0.39, 0.29) is 5.91 Å². The van der Waals surface area contributed by atoms with Crippen LogP contribution < -0.4 is 5.32 Å². The van der Waals surface area contributed by atoms with Gasteiger partial charge in [0.25, 0.3) is 0 Å². The third-order valence-corrected chi connectivity index (χ3v) is 4.42. The summed E-state index contributed by atoms with van der Waals surface area (Å²) in [5.74, 6) is 0.214. The van der Waals surface area contributed by atoms with Crippen molar-refractivity contribution in [3.63, 3.8) is 0 Å². The Kier molecular flexibility index (Phi) is 4.27. The van der Waals surface area contributed by atoms with Crippen molar-refractivity contribution in [3.05, 3.63) is 65.7 Å². The van der Waals surface area contributed by atoms with Crippen LogP contribution in [0.5, 0.6) is 0 Å². The van der Waals surface area contributed by atoms with Crippen molar-refractivity contribution >= 4 is 33.9 Å². The first-order valence-electron chi connectivity index (χ1n) is 8.68. The number of hydrogen-bond donors (Lipinski definition) is 1. The minimum atomic E-state index is -0.236. The van der Waals surface area contributed by atoms with Crippen LogP contribution in [0.2, 0.25) is 0 Å². The maximum atomic E-state index is 11.7. The number of amides is 1. The Bertz CT molecular complexity index is 1190. The predicted molar refractivity (Wildman–Crippen MR) is 104 cm³/mol. The molecule has 0 radical (unpaired) electrons. The van der Waals surface area contributed by atoms with Crippen LogP contribution in [0.1, 0.15) is 18.1 Å². The van der Waals surface area contributed by atoms with E-state index in [0.29, 0.717) is 29.1 Å². The summed E-state index contributed by atoms with van der Waals surface area (Å²) >= 11 is 0. The van der Waals surface area contributed by atoms with E-state index in [1.54, 1.807) is 0 Å². The Morgan fingerprint density at radius 3 is 2.41 bits per heavy atom. The summed E-state index contributed by atoms with van der Waals surface area (Å²) in [6.07, 6.45) is 0.747. The normalized spacial score (nSPS) is 10.8. The summed E-state index contributed by atoms with van der Waals surface area (Å²) in [5.41, 5.74) is 4.09. The number of benzene rings is 2. The Morgan fingerprint density at radius 2 is 1.74 bits per heavy atom. The Balaban J connectivity index is 1.91. The second-order valence-corrected chi connectivity index (χ2v) is 6.29. The summed E-state index contributed by atoms with van der Waals surface area (Å²) < 4.78 is 1.88. The van der Waals surface area contributed by atoms with E-state index in [1.807, 2.05) is 47.0 Å². The largest absolute Gasteiger partial charge is 0.311 e. The molecule has 0 saturated carbocycles. The van der Waals surface area contributed by atoms with Crippen molar-refractivity contribution in [2.45, 2.75) is 19.9 Å². The first-order chi connectivity index (χ1) is 13.2. The molecule has 0 atom stereocenters. The molecule has 0 aliphatic carbocycles. The average molecular weight is 355 g/mol. The smallest absolute Gasteiger partial charge is 0.222 e. The van der Waals surface area contributed by atoms with Crippen molar-refractivity contribution in [1.29, 1.82) is 5.26 Å². The third kappa shape index (κ3) is 3.11. The molecule has 0 bridgehead atoms. The van der Waals surface area contributed by atoms with Gasteiger partial charge in [-0.05, 0) is 24.1 Å². The fraction of sp³-hybridized carbons (Fsp3) is 0.143. The lowest BCUT2D eigenvalue weighted by atomic mass is 10.1. The van der Waals surface area contributed by atoms with Crippen LogP contribution in [-0.4, -0.2) is 20.4 Å². The molecule has 0 fully saturated rings. The summed E-state index contributed by atoms with van der Waals surface area (Å²) in [4.78, 5) is 21.1. The van der Waals surface area contributed by atoms with E-state index >= 15 is 0 Å². The van der Waals surface area contributed by atoms with Crippen LogP contribution in [0.3, 0.4) is 0 Å². The molecule has 0 aliphatic rings. The molecule has 1 N–H and O–H groups in total. The van der Waals surface area contributed by atoms with Gasteiger partial charge < -0.3 is 9.88 Å². The van der Waals surface area contributed by atoms with E-state index in [1.165, 1.54) is 12.5 Å². The van der Waals surface area contributed by atoms with E-state index in [9.17, 15) is 10.1 Å². The number of nitriles is 1. The Hall–Kier alpha value is -3.72. The zero-order chi connectivity index (χ0) is 18.8. The van der Waals surface area contributed by atoms with Crippen LogP contribution >= 0.6 is 0 Å². The van der Waals surface area contributed by atoms with Gasteiger partial charge in [-0.2, -0.15) is 5.26 Å². The molecule has 6 heteroatoms. The van der Waals surface area contributed by atoms with Crippen molar-refractivity contribution in [2.75, 3.05) is 5.32 Å². The minimum Gasteiger partial charge on any atom is -0.311 e. The first-order valence-corrected chi connectivity index (χ1v) is 8.68. The van der Waals surface area contributed by atoms with Crippen molar-refractivity contribution in [2.24, 2.45) is 0 Å². The molecule has 4 rings (SSSR count). The fourth-order valence-corrected chi connectivity index (χ4v) is 3.21. The third-order valence-electron chi connectivity index (χ3n) is 4.42. The highest BCUT2D eigenvalue weighted by atomic mass is 16.1. The molecule has 1 amide bonds. The van der Waals surface area contributed by atoms with E-state index in [0.717, 1.165) is 17.5 Å². The second-order valence-electron chi connectivity index (χ2n) is 6.29. The van der Waals surface area contributed by atoms with Gasteiger partial charge in [-0.25, -0.2) is 9.97 Å². The molecule has 6 nitrogen and oxygen atoms in total. The molecular formula is C21H17N5O. The SMILES string of the molecule is CC(=O)Nc1c(C#N)c2nc3ccccc3nc2n1CCc1ccccc1. The lowest BCUT2D eigenvalue weighted by molar-refractivity contribution is -0.114. The highest BCUT2D eigenvalue weighted by Gasteiger charge is 2.21. The number of rotatable bonds is 4. The molecule has 0 aliphatic heterocycles. The van der Waals surface area contributed by atoms with Crippen molar-refractivity contribution in [1.82, 2.24) is 14.5 Å². The number of anilines is 1. The van der Waals surface area contributed by atoms with Gasteiger partial charge in [0.2, 0.25) is 5.91 Å². The molecule has 2 aromatic heterocycles. The first kappa shape index (κ1) is 16.7. The molecule has 2 heterocycles. The molecule has 0 spiro atoms.